The number of carbonyl (C=O) groups is 2. The molecule has 0 aliphatic rings. The molecule has 1 amide bonds. The van der Waals surface area contributed by atoms with Gasteiger partial charge >= 0.3 is 5.97 Å². The van der Waals surface area contributed by atoms with E-state index >= 15 is 0 Å². The lowest BCUT2D eigenvalue weighted by Gasteiger charge is -2.28. The van der Waals surface area contributed by atoms with E-state index in [-0.39, 0.29) is 25.7 Å². The lowest BCUT2D eigenvalue weighted by molar-refractivity contribution is -0.139. The Balaban J connectivity index is 4.61. The number of nitrogens with one attached hydrogen (secondary N) is 1. The number of hydrogen-bond acceptors (Lipinski definition) is 7. The van der Waals surface area contributed by atoms with Crippen LogP contribution in [0.1, 0.15) is 12.8 Å². The van der Waals surface area contributed by atoms with Gasteiger partial charge in [0.1, 0.15) is 0 Å². The molecule has 2 unspecified atom stereocenters. The van der Waals surface area contributed by atoms with Crippen LogP contribution in [0.2, 0.25) is 0 Å². The Morgan fingerprint density at radius 1 is 1.38 bits per heavy atom. The van der Waals surface area contributed by atoms with Crippen molar-refractivity contribution in [3.05, 3.63) is 0 Å². The second-order valence-corrected chi connectivity index (χ2v) is 4.91. The predicted molar refractivity (Wildman–Crippen MR) is 81.0 cm³/mol. The summed E-state index contributed by atoms with van der Waals surface area (Å²) < 4.78 is 0. The average molecular weight is 321 g/mol. The van der Waals surface area contributed by atoms with Crippen molar-refractivity contribution >= 4 is 29.5 Å². The second-order valence-electron chi connectivity index (χ2n) is 4.57. The summed E-state index contributed by atoms with van der Waals surface area (Å²) in [6.07, 6.45) is -0.0676. The van der Waals surface area contributed by atoms with Crippen molar-refractivity contribution in [1.29, 1.82) is 0 Å². The van der Waals surface area contributed by atoms with Crippen molar-refractivity contribution < 1.29 is 24.9 Å². The number of carboxylic acid groups (broad SMARTS) is 1. The molecule has 0 aromatic rings. The van der Waals surface area contributed by atoms with E-state index in [1.54, 1.807) is 0 Å². The zero-order valence-electron chi connectivity index (χ0n) is 11.8. The summed E-state index contributed by atoms with van der Waals surface area (Å²) in [7, 11) is 0. The zero-order chi connectivity index (χ0) is 16.3. The third-order valence-electron chi connectivity index (χ3n) is 2.82. The summed E-state index contributed by atoms with van der Waals surface area (Å²) in [5.41, 5.74) is 5.49. The number of aliphatic hydroxyl groups is 2. The van der Waals surface area contributed by atoms with Crippen LogP contribution in [0.4, 0.5) is 0 Å². The number of nitrogens with two attached hydrogens (primary N) is 1. The monoisotopic (exact) mass is 321 g/mol. The van der Waals surface area contributed by atoms with Crippen LogP contribution in [0.25, 0.3) is 0 Å². The van der Waals surface area contributed by atoms with Gasteiger partial charge in [-0.05, 0) is 24.8 Å². The first-order valence-electron chi connectivity index (χ1n) is 6.59. The van der Waals surface area contributed by atoms with Gasteiger partial charge in [-0.15, -0.1) is 0 Å². The van der Waals surface area contributed by atoms with Crippen molar-refractivity contribution in [3.8, 4) is 0 Å². The van der Waals surface area contributed by atoms with Gasteiger partial charge in [0, 0.05) is 12.6 Å². The van der Waals surface area contributed by atoms with Crippen LogP contribution >= 0.6 is 12.2 Å². The zero-order valence-corrected chi connectivity index (χ0v) is 12.6. The van der Waals surface area contributed by atoms with Gasteiger partial charge in [0.25, 0.3) is 0 Å². The normalized spacial score (nSPS) is 13.7. The number of aliphatic hydroxyl groups excluding tert-OH is 2. The van der Waals surface area contributed by atoms with Crippen molar-refractivity contribution in [2.75, 3.05) is 32.8 Å². The van der Waals surface area contributed by atoms with Gasteiger partial charge in [0.05, 0.1) is 25.8 Å². The number of nitrogens with zero attached hydrogens (tertiary/aromatic N) is 1. The molecule has 8 nitrogen and oxygen atoms in total. The topological polar surface area (TPSA) is 136 Å². The standard InChI is InChI=1S/C12H23N3O5S/c13-3-1-9(2-4-21)15(7-12(19)20)6-11(18)14-5-10(17)8-16/h4,9-10,16-17H,1-3,5-8,13H2,(H,14,18)(H,19,20). The molecule has 0 saturated heterocycles. The Morgan fingerprint density at radius 3 is 2.52 bits per heavy atom. The summed E-state index contributed by atoms with van der Waals surface area (Å²) in [6.45, 7) is -0.637. The maximum atomic E-state index is 11.8. The molecule has 0 bridgehead atoms. The number of rotatable bonds is 12. The summed E-state index contributed by atoms with van der Waals surface area (Å²) in [5, 5.41) is 30.7. The molecule has 2 atom stereocenters. The third kappa shape index (κ3) is 9.43. The maximum absolute atomic E-state index is 11.8. The Labute approximate surface area is 128 Å². The molecule has 0 saturated carbocycles. The smallest absolute Gasteiger partial charge is 0.317 e. The minimum Gasteiger partial charge on any atom is -0.480 e. The fraction of sp³-hybridized carbons (Fsp3) is 0.750. The summed E-state index contributed by atoms with van der Waals surface area (Å²) in [5.74, 6) is -1.49. The molecule has 122 valence electrons. The van der Waals surface area contributed by atoms with Gasteiger partial charge in [-0.3, -0.25) is 14.5 Å². The van der Waals surface area contributed by atoms with Crippen molar-refractivity contribution in [1.82, 2.24) is 10.2 Å². The Kier molecular flexibility index (Phi) is 10.9. The van der Waals surface area contributed by atoms with E-state index in [0.29, 0.717) is 19.4 Å². The minimum atomic E-state index is -1.05. The fourth-order valence-electron chi connectivity index (χ4n) is 1.78. The first-order chi connectivity index (χ1) is 9.94. The highest BCUT2D eigenvalue weighted by molar-refractivity contribution is 7.78. The van der Waals surface area contributed by atoms with E-state index in [0.717, 1.165) is 0 Å². The Bertz CT molecular complexity index is 343. The molecule has 0 fully saturated rings. The van der Waals surface area contributed by atoms with Gasteiger partial charge in [-0.1, -0.05) is 12.2 Å². The molecule has 9 heteroatoms. The van der Waals surface area contributed by atoms with E-state index in [1.165, 1.54) is 10.3 Å². The number of hydrogen-bond donors (Lipinski definition) is 5. The molecule has 21 heavy (non-hydrogen) atoms. The molecule has 0 aromatic heterocycles. The van der Waals surface area contributed by atoms with Crippen LogP contribution in [0.5, 0.6) is 0 Å². The molecule has 0 aliphatic heterocycles. The highest BCUT2D eigenvalue weighted by Crippen LogP contribution is 2.07. The number of carboxylic acids is 1. The average Bonchev–Trinajstić information content (AvgIpc) is 2.43. The third-order valence-corrected chi connectivity index (χ3v) is 3.01. The van der Waals surface area contributed by atoms with Crippen LogP contribution in [0.3, 0.4) is 0 Å². The van der Waals surface area contributed by atoms with Crippen LogP contribution in [-0.2, 0) is 9.59 Å². The lowest BCUT2D eigenvalue weighted by Crippen LogP contribution is -2.47. The number of thiocarbonyl (C=S) groups is 1. The molecule has 0 aliphatic carbocycles. The van der Waals surface area contributed by atoms with Crippen LogP contribution in [0.15, 0.2) is 0 Å². The first-order valence-corrected chi connectivity index (χ1v) is 7.06. The van der Waals surface area contributed by atoms with E-state index in [1.807, 2.05) is 0 Å². The van der Waals surface area contributed by atoms with E-state index in [9.17, 15) is 9.59 Å². The Hall–Kier alpha value is -1.13. The van der Waals surface area contributed by atoms with Crippen LogP contribution < -0.4 is 11.1 Å². The van der Waals surface area contributed by atoms with Gasteiger partial charge in [-0.25, -0.2) is 0 Å². The van der Waals surface area contributed by atoms with Gasteiger partial charge in [0.2, 0.25) is 5.91 Å². The highest BCUT2D eigenvalue weighted by Gasteiger charge is 2.22. The molecule has 6 N–H and O–H groups in total. The second kappa shape index (κ2) is 11.5. The molecule has 0 radical (unpaired) electrons. The summed E-state index contributed by atoms with van der Waals surface area (Å²) >= 11 is 4.79. The molecule has 0 aromatic carbocycles. The maximum Gasteiger partial charge on any atom is 0.317 e. The number of amides is 1. The van der Waals surface area contributed by atoms with Crippen molar-refractivity contribution in [3.63, 3.8) is 0 Å². The SMILES string of the molecule is NCCC(CC=S)N(CC(=O)O)CC(=O)NCC(O)CO. The minimum absolute atomic E-state index is 0.0923. The van der Waals surface area contributed by atoms with Gasteiger partial charge in [-0.2, -0.15) is 0 Å². The molecule has 0 heterocycles. The van der Waals surface area contributed by atoms with Crippen LogP contribution in [-0.4, -0.2) is 82.4 Å². The quantitative estimate of drug-likeness (QED) is 0.259. The molecular weight excluding hydrogens is 298 g/mol. The fourth-order valence-corrected chi connectivity index (χ4v) is 2.00. The largest absolute Gasteiger partial charge is 0.480 e. The lowest BCUT2D eigenvalue weighted by atomic mass is 10.1. The first kappa shape index (κ1) is 19.9. The Morgan fingerprint density at radius 2 is 2.05 bits per heavy atom. The highest BCUT2D eigenvalue weighted by atomic mass is 32.1. The van der Waals surface area contributed by atoms with E-state index < -0.39 is 24.6 Å². The van der Waals surface area contributed by atoms with Crippen molar-refractivity contribution in [2.24, 2.45) is 5.73 Å². The summed E-state index contributed by atoms with van der Waals surface area (Å²) in [6, 6.07) is -0.225. The predicted octanol–water partition coefficient (Wildman–Crippen LogP) is -2.05. The number of carbonyl (C=O) groups excluding carboxylic acids is 1. The van der Waals surface area contributed by atoms with Gasteiger partial charge in [0.15, 0.2) is 0 Å². The summed E-state index contributed by atoms with van der Waals surface area (Å²) in [4.78, 5) is 24.1. The molecule has 0 spiro atoms. The number of aliphatic carboxylic acids is 1. The molecular formula is C12H23N3O5S. The van der Waals surface area contributed by atoms with E-state index in [2.05, 4.69) is 5.32 Å². The van der Waals surface area contributed by atoms with Gasteiger partial charge < -0.3 is 26.4 Å². The van der Waals surface area contributed by atoms with Crippen molar-refractivity contribution in [2.45, 2.75) is 25.0 Å². The van der Waals surface area contributed by atoms with Crippen LogP contribution in [0, 0.1) is 0 Å². The van der Waals surface area contributed by atoms with E-state index in [4.69, 9.17) is 33.3 Å². The molecule has 0 rings (SSSR count).